The van der Waals surface area contributed by atoms with Crippen LogP contribution in [-0.4, -0.2) is 22.0 Å². The summed E-state index contributed by atoms with van der Waals surface area (Å²) in [5.41, 5.74) is 2.55. The van der Waals surface area contributed by atoms with Gasteiger partial charge in [-0.15, -0.1) is 11.3 Å². The lowest BCUT2D eigenvalue weighted by molar-refractivity contribution is -0.140. The number of carbonyl (C=O) groups excluding carboxylic acids is 1. The molecule has 1 heterocycles. The SMILES string of the molecule is Cc1ncsc1CNC(=O)CC(=O)O. The van der Waals surface area contributed by atoms with Gasteiger partial charge in [-0.1, -0.05) is 0 Å². The van der Waals surface area contributed by atoms with Crippen LogP contribution in [0.25, 0.3) is 0 Å². The normalized spacial score (nSPS) is 9.79. The molecule has 0 aliphatic carbocycles. The molecule has 0 aromatic carbocycles. The fourth-order valence-corrected chi connectivity index (χ4v) is 1.59. The average molecular weight is 214 g/mol. The average Bonchev–Trinajstić information content (AvgIpc) is 2.46. The lowest BCUT2D eigenvalue weighted by Gasteiger charge is -2.01. The summed E-state index contributed by atoms with van der Waals surface area (Å²) in [4.78, 5) is 26.1. The van der Waals surface area contributed by atoms with Gasteiger partial charge in [-0.2, -0.15) is 0 Å². The minimum atomic E-state index is -1.12. The minimum absolute atomic E-state index is 0.350. The van der Waals surface area contributed by atoms with E-state index in [1.807, 2.05) is 6.92 Å². The van der Waals surface area contributed by atoms with E-state index in [1.54, 1.807) is 5.51 Å². The molecule has 0 unspecified atom stereocenters. The highest BCUT2D eigenvalue weighted by molar-refractivity contribution is 7.09. The maximum Gasteiger partial charge on any atom is 0.312 e. The summed E-state index contributed by atoms with van der Waals surface area (Å²) in [6.07, 6.45) is -0.488. The van der Waals surface area contributed by atoms with Gasteiger partial charge in [0, 0.05) is 4.88 Å². The van der Waals surface area contributed by atoms with E-state index in [0.717, 1.165) is 10.6 Å². The third kappa shape index (κ3) is 3.14. The third-order valence-electron chi connectivity index (χ3n) is 1.60. The van der Waals surface area contributed by atoms with Crippen molar-refractivity contribution in [3.63, 3.8) is 0 Å². The van der Waals surface area contributed by atoms with E-state index in [-0.39, 0.29) is 0 Å². The number of carbonyl (C=O) groups is 2. The van der Waals surface area contributed by atoms with Crippen molar-refractivity contribution in [2.45, 2.75) is 19.9 Å². The van der Waals surface area contributed by atoms with Crippen LogP contribution in [0.3, 0.4) is 0 Å². The molecular weight excluding hydrogens is 204 g/mol. The van der Waals surface area contributed by atoms with Crippen LogP contribution in [0.2, 0.25) is 0 Å². The smallest absolute Gasteiger partial charge is 0.312 e. The largest absolute Gasteiger partial charge is 0.481 e. The van der Waals surface area contributed by atoms with Gasteiger partial charge in [0.1, 0.15) is 6.42 Å². The van der Waals surface area contributed by atoms with Crippen molar-refractivity contribution in [2.24, 2.45) is 0 Å². The van der Waals surface area contributed by atoms with Crippen molar-refractivity contribution in [3.8, 4) is 0 Å². The van der Waals surface area contributed by atoms with Gasteiger partial charge in [0.05, 0.1) is 17.7 Å². The van der Waals surface area contributed by atoms with E-state index in [4.69, 9.17) is 5.11 Å². The van der Waals surface area contributed by atoms with Crippen LogP contribution in [0.5, 0.6) is 0 Å². The number of hydrogen-bond acceptors (Lipinski definition) is 4. The second kappa shape index (κ2) is 4.71. The Bertz CT molecular complexity index is 348. The van der Waals surface area contributed by atoms with Crippen molar-refractivity contribution in [2.75, 3.05) is 0 Å². The van der Waals surface area contributed by atoms with Crippen LogP contribution in [-0.2, 0) is 16.1 Å². The molecule has 0 aliphatic heterocycles. The highest BCUT2D eigenvalue weighted by Gasteiger charge is 2.08. The molecule has 0 bridgehead atoms. The minimum Gasteiger partial charge on any atom is -0.481 e. The molecule has 6 heteroatoms. The van der Waals surface area contributed by atoms with Crippen molar-refractivity contribution in [1.82, 2.24) is 10.3 Å². The van der Waals surface area contributed by atoms with E-state index in [0.29, 0.717) is 6.54 Å². The number of nitrogens with zero attached hydrogens (tertiary/aromatic N) is 1. The van der Waals surface area contributed by atoms with E-state index in [1.165, 1.54) is 11.3 Å². The van der Waals surface area contributed by atoms with Crippen molar-refractivity contribution in [1.29, 1.82) is 0 Å². The number of carboxylic acid groups (broad SMARTS) is 1. The Hall–Kier alpha value is -1.43. The van der Waals surface area contributed by atoms with Crippen LogP contribution >= 0.6 is 11.3 Å². The second-order valence-electron chi connectivity index (χ2n) is 2.71. The molecule has 0 aliphatic rings. The molecule has 0 radical (unpaired) electrons. The van der Waals surface area contributed by atoms with Gasteiger partial charge in [0.2, 0.25) is 5.91 Å². The Labute approximate surface area is 84.8 Å². The lowest BCUT2D eigenvalue weighted by Crippen LogP contribution is -2.24. The molecule has 0 fully saturated rings. The van der Waals surface area contributed by atoms with Crippen LogP contribution in [0.1, 0.15) is 17.0 Å². The third-order valence-corrected chi connectivity index (χ3v) is 2.54. The predicted octanol–water partition coefficient (Wildman–Crippen LogP) is 0.542. The van der Waals surface area contributed by atoms with Crippen LogP contribution in [0.4, 0.5) is 0 Å². The summed E-state index contributed by atoms with van der Waals surface area (Å²) in [7, 11) is 0. The summed E-state index contributed by atoms with van der Waals surface area (Å²) < 4.78 is 0. The molecule has 5 nitrogen and oxygen atoms in total. The molecule has 1 amide bonds. The maximum absolute atomic E-state index is 11.0. The summed E-state index contributed by atoms with van der Waals surface area (Å²) in [5, 5.41) is 10.8. The first kappa shape index (κ1) is 10.6. The highest BCUT2D eigenvalue weighted by atomic mass is 32.1. The first-order valence-electron chi connectivity index (χ1n) is 3.97. The van der Waals surface area contributed by atoms with E-state index < -0.39 is 18.3 Å². The summed E-state index contributed by atoms with van der Waals surface area (Å²) in [5.74, 6) is -1.60. The molecule has 2 N–H and O–H groups in total. The zero-order valence-electron chi connectivity index (χ0n) is 7.61. The topological polar surface area (TPSA) is 79.3 Å². The number of rotatable bonds is 4. The zero-order valence-corrected chi connectivity index (χ0v) is 8.43. The Kier molecular flexibility index (Phi) is 3.58. The molecule has 1 aromatic heterocycles. The van der Waals surface area contributed by atoms with Gasteiger partial charge >= 0.3 is 5.97 Å². The second-order valence-corrected chi connectivity index (χ2v) is 3.65. The maximum atomic E-state index is 11.0. The number of hydrogen-bond donors (Lipinski definition) is 2. The molecule has 0 saturated carbocycles. The fraction of sp³-hybridized carbons (Fsp3) is 0.375. The van der Waals surface area contributed by atoms with Crippen molar-refractivity contribution < 1.29 is 14.7 Å². The monoisotopic (exact) mass is 214 g/mol. The number of aryl methyl sites for hydroxylation is 1. The number of amides is 1. The fourth-order valence-electron chi connectivity index (χ4n) is 0.875. The Balaban J connectivity index is 2.38. The number of aliphatic carboxylic acids is 1. The molecule has 0 spiro atoms. The van der Waals surface area contributed by atoms with Gasteiger partial charge in [0.25, 0.3) is 0 Å². The highest BCUT2D eigenvalue weighted by Crippen LogP contribution is 2.10. The molecule has 0 saturated heterocycles. The van der Waals surface area contributed by atoms with E-state index >= 15 is 0 Å². The standard InChI is InChI=1S/C8H10N2O3S/c1-5-6(14-4-10-5)3-9-7(11)2-8(12)13/h4H,2-3H2,1H3,(H,9,11)(H,12,13). The summed E-state index contributed by atoms with van der Waals surface area (Å²) in [6.45, 7) is 2.19. The molecular formula is C8H10N2O3S. The Morgan fingerprint density at radius 2 is 2.36 bits per heavy atom. The number of carboxylic acids is 1. The van der Waals surface area contributed by atoms with Crippen LogP contribution in [0, 0.1) is 6.92 Å². The van der Waals surface area contributed by atoms with Crippen LogP contribution in [0.15, 0.2) is 5.51 Å². The van der Waals surface area contributed by atoms with Crippen LogP contribution < -0.4 is 5.32 Å². The van der Waals surface area contributed by atoms with Gasteiger partial charge in [-0.3, -0.25) is 9.59 Å². The Morgan fingerprint density at radius 3 is 2.86 bits per heavy atom. The predicted molar refractivity (Wildman–Crippen MR) is 51.0 cm³/mol. The molecule has 0 atom stereocenters. The summed E-state index contributed by atoms with van der Waals surface area (Å²) >= 11 is 1.44. The van der Waals surface area contributed by atoms with Gasteiger partial charge in [-0.05, 0) is 6.92 Å². The number of thiazole rings is 1. The zero-order chi connectivity index (χ0) is 10.6. The van der Waals surface area contributed by atoms with E-state index in [2.05, 4.69) is 10.3 Å². The van der Waals surface area contributed by atoms with Gasteiger partial charge < -0.3 is 10.4 Å². The first-order chi connectivity index (χ1) is 6.59. The lowest BCUT2D eigenvalue weighted by atomic mass is 10.3. The first-order valence-corrected chi connectivity index (χ1v) is 4.85. The number of nitrogens with one attached hydrogen (secondary N) is 1. The van der Waals surface area contributed by atoms with Gasteiger partial charge in [0.15, 0.2) is 0 Å². The summed E-state index contributed by atoms with van der Waals surface area (Å²) in [6, 6.07) is 0. The van der Waals surface area contributed by atoms with Crippen molar-refractivity contribution >= 4 is 23.2 Å². The van der Waals surface area contributed by atoms with Crippen molar-refractivity contribution in [3.05, 3.63) is 16.1 Å². The quantitative estimate of drug-likeness (QED) is 0.717. The molecule has 1 aromatic rings. The van der Waals surface area contributed by atoms with Gasteiger partial charge in [-0.25, -0.2) is 4.98 Å². The molecule has 76 valence electrons. The number of aromatic nitrogens is 1. The van der Waals surface area contributed by atoms with E-state index in [9.17, 15) is 9.59 Å². The molecule has 14 heavy (non-hydrogen) atoms. The Morgan fingerprint density at radius 1 is 1.64 bits per heavy atom. The molecule has 1 rings (SSSR count).